The molecular formula is C14H16BNO. The Bertz CT molecular complexity index is 400. The summed E-state index contributed by atoms with van der Waals surface area (Å²) >= 11 is 0. The highest BCUT2D eigenvalue weighted by Crippen LogP contribution is 2.39. The highest BCUT2D eigenvalue weighted by Gasteiger charge is 2.43. The first kappa shape index (κ1) is 12.2. The number of rotatable bonds is 3. The predicted molar refractivity (Wildman–Crippen MR) is 68.8 cm³/mol. The zero-order chi connectivity index (χ0) is 12.3. The third-order valence-electron chi connectivity index (χ3n) is 3.69. The van der Waals surface area contributed by atoms with Crippen LogP contribution in [0.25, 0.3) is 4.85 Å². The molecule has 1 aliphatic carbocycles. The molecule has 2 radical (unpaired) electrons. The zero-order valence-corrected chi connectivity index (χ0v) is 9.79. The molecule has 1 aromatic carbocycles. The lowest BCUT2D eigenvalue weighted by Gasteiger charge is -2.17. The summed E-state index contributed by atoms with van der Waals surface area (Å²) in [7, 11) is 5.96. The molecule has 3 heteroatoms. The molecule has 4 unspecified atom stereocenters. The van der Waals surface area contributed by atoms with Gasteiger partial charge in [-0.05, 0) is 24.2 Å². The van der Waals surface area contributed by atoms with Gasteiger partial charge in [0, 0.05) is 12.3 Å². The first-order valence-electron chi connectivity index (χ1n) is 6.06. The quantitative estimate of drug-likeness (QED) is 0.619. The van der Waals surface area contributed by atoms with Gasteiger partial charge in [-0.25, -0.2) is 6.57 Å². The first-order chi connectivity index (χ1) is 8.22. The van der Waals surface area contributed by atoms with E-state index in [-0.39, 0.29) is 17.8 Å². The molecule has 0 bridgehead atoms. The van der Waals surface area contributed by atoms with Gasteiger partial charge in [-0.2, -0.15) is 0 Å². The van der Waals surface area contributed by atoms with Crippen LogP contribution in [0.15, 0.2) is 30.3 Å². The van der Waals surface area contributed by atoms with Crippen molar-refractivity contribution in [2.75, 3.05) is 0 Å². The summed E-state index contributed by atoms with van der Waals surface area (Å²) in [6, 6.07) is 10.1. The van der Waals surface area contributed by atoms with Gasteiger partial charge in [0.15, 0.2) is 0 Å². The second kappa shape index (κ2) is 5.38. The molecule has 4 atom stereocenters. The van der Waals surface area contributed by atoms with E-state index in [1.165, 1.54) is 5.56 Å². The SMILES string of the molecule is [B]C1C(O)CC([N+]#[C-])C1CCc1ccccc1. The summed E-state index contributed by atoms with van der Waals surface area (Å²) in [4.78, 5) is 3.59. The number of benzene rings is 1. The van der Waals surface area contributed by atoms with E-state index in [0.717, 1.165) is 12.8 Å². The maximum Gasteiger partial charge on any atom is 0.228 e. The van der Waals surface area contributed by atoms with Gasteiger partial charge in [-0.3, -0.25) is 0 Å². The Hall–Kier alpha value is -1.27. The number of nitrogens with zero attached hydrogens (tertiary/aromatic N) is 1. The minimum atomic E-state index is -0.505. The number of hydrogen-bond donors (Lipinski definition) is 1. The van der Waals surface area contributed by atoms with Crippen molar-refractivity contribution < 1.29 is 5.11 Å². The molecule has 0 aromatic heterocycles. The van der Waals surface area contributed by atoms with Gasteiger partial charge in [0.25, 0.3) is 0 Å². The van der Waals surface area contributed by atoms with Gasteiger partial charge in [-0.1, -0.05) is 30.3 Å². The topological polar surface area (TPSA) is 24.6 Å². The minimum Gasteiger partial charge on any atom is -0.393 e. The standard InChI is InChI=1S/C14H16BNO/c1-16-12-9-13(17)14(15)11(12)8-7-10-5-3-2-4-6-10/h2-6,11-14,17H,7-9H2. The average Bonchev–Trinajstić information content (AvgIpc) is 2.64. The summed E-state index contributed by atoms with van der Waals surface area (Å²) in [5, 5.41) is 9.70. The number of aliphatic hydroxyl groups excluding tert-OH is 1. The monoisotopic (exact) mass is 225 g/mol. The van der Waals surface area contributed by atoms with E-state index in [1.54, 1.807) is 0 Å². The lowest BCUT2D eigenvalue weighted by atomic mass is 9.74. The van der Waals surface area contributed by atoms with Crippen LogP contribution in [0.1, 0.15) is 18.4 Å². The van der Waals surface area contributed by atoms with Crippen LogP contribution in [0.5, 0.6) is 0 Å². The highest BCUT2D eigenvalue weighted by molar-refractivity contribution is 6.12. The van der Waals surface area contributed by atoms with Crippen LogP contribution in [-0.2, 0) is 6.42 Å². The summed E-state index contributed by atoms with van der Waals surface area (Å²) < 4.78 is 0. The fourth-order valence-corrected chi connectivity index (χ4v) is 2.63. The van der Waals surface area contributed by atoms with E-state index in [1.807, 2.05) is 18.2 Å². The lowest BCUT2D eigenvalue weighted by molar-refractivity contribution is 0.177. The van der Waals surface area contributed by atoms with Gasteiger partial charge in [0.1, 0.15) is 0 Å². The van der Waals surface area contributed by atoms with Gasteiger partial charge in [-0.15, -0.1) is 0 Å². The molecule has 0 spiro atoms. The molecule has 1 saturated carbocycles. The normalized spacial score (nSPS) is 32.2. The van der Waals surface area contributed by atoms with Crippen molar-refractivity contribution in [3.05, 3.63) is 47.3 Å². The fourth-order valence-electron chi connectivity index (χ4n) is 2.63. The Morgan fingerprint density at radius 3 is 2.71 bits per heavy atom. The van der Waals surface area contributed by atoms with Crippen LogP contribution < -0.4 is 0 Å². The molecule has 0 amide bonds. The molecule has 1 aliphatic rings. The van der Waals surface area contributed by atoms with Gasteiger partial charge < -0.3 is 9.95 Å². The van der Waals surface area contributed by atoms with Gasteiger partial charge in [0.2, 0.25) is 6.04 Å². The third-order valence-corrected chi connectivity index (χ3v) is 3.69. The molecule has 2 nitrogen and oxygen atoms in total. The van der Waals surface area contributed by atoms with E-state index >= 15 is 0 Å². The van der Waals surface area contributed by atoms with Crippen LogP contribution in [-0.4, -0.2) is 25.1 Å². The van der Waals surface area contributed by atoms with E-state index < -0.39 is 6.10 Å². The molecule has 1 aromatic rings. The first-order valence-corrected chi connectivity index (χ1v) is 6.06. The highest BCUT2D eigenvalue weighted by atomic mass is 16.3. The third kappa shape index (κ3) is 2.70. The Morgan fingerprint density at radius 2 is 2.06 bits per heavy atom. The predicted octanol–water partition coefficient (Wildman–Crippen LogP) is 2.24. The molecule has 1 fully saturated rings. The number of aryl methyl sites for hydroxylation is 1. The van der Waals surface area contributed by atoms with Crippen LogP contribution in [0, 0.1) is 12.5 Å². The van der Waals surface area contributed by atoms with Crippen molar-refractivity contribution in [1.29, 1.82) is 0 Å². The summed E-state index contributed by atoms with van der Waals surface area (Å²) in [6.45, 7) is 7.15. The largest absolute Gasteiger partial charge is 0.393 e. The Kier molecular flexibility index (Phi) is 3.86. The summed E-state index contributed by atoms with van der Waals surface area (Å²) in [6.07, 6.45) is 1.84. The van der Waals surface area contributed by atoms with E-state index in [2.05, 4.69) is 17.0 Å². The summed E-state index contributed by atoms with van der Waals surface area (Å²) in [5.41, 5.74) is 1.27. The molecule has 17 heavy (non-hydrogen) atoms. The maximum atomic E-state index is 9.70. The number of hydrogen-bond acceptors (Lipinski definition) is 1. The maximum absolute atomic E-state index is 9.70. The van der Waals surface area contributed by atoms with E-state index in [4.69, 9.17) is 14.4 Å². The Labute approximate surface area is 104 Å². The van der Waals surface area contributed by atoms with Gasteiger partial charge in [0.05, 0.1) is 14.0 Å². The smallest absolute Gasteiger partial charge is 0.228 e. The van der Waals surface area contributed by atoms with Crippen molar-refractivity contribution >= 4 is 7.85 Å². The van der Waals surface area contributed by atoms with E-state index in [0.29, 0.717) is 6.42 Å². The molecule has 86 valence electrons. The van der Waals surface area contributed by atoms with Crippen molar-refractivity contribution in [1.82, 2.24) is 0 Å². The summed E-state index contributed by atoms with van der Waals surface area (Å²) in [5.74, 6) is -0.111. The average molecular weight is 225 g/mol. The Morgan fingerprint density at radius 1 is 1.35 bits per heavy atom. The van der Waals surface area contributed by atoms with Crippen molar-refractivity contribution in [2.45, 2.75) is 37.2 Å². The van der Waals surface area contributed by atoms with Gasteiger partial charge >= 0.3 is 0 Å². The molecule has 0 heterocycles. The molecule has 0 saturated heterocycles. The van der Waals surface area contributed by atoms with Crippen molar-refractivity contribution in [2.24, 2.45) is 5.92 Å². The lowest BCUT2D eigenvalue weighted by Crippen LogP contribution is -2.16. The van der Waals surface area contributed by atoms with E-state index in [9.17, 15) is 5.11 Å². The molecule has 0 aliphatic heterocycles. The van der Waals surface area contributed by atoms with Crippen molar-refractivity contribution in [3.63, 3.8) is 0 Å². The van der Waals surface area contributed by atoms with Crippen LogP contribution in [0.4, 0.5) is 0 Å². The molecular weight excluding hydrogens is 209 g/mol. The number of aliphatic hydroxyl groups is 1. The fraction of sp³-hybridized carbons (Fsp3) is 0.500. The van der Waals surface area contributed by atoms with Crippen molar-refractivity contribution in [3.8, 4) is 0 Å². The minimum absolute atomic E-state index is 0.108. The van der Waals surface area contributed by atoms with Crippen LogP contribution in [0.3, 0.4) is 0 Å². The zero-order valence-electron chi connectivity index (χ0n) is 9.79. The second-order valence-corrected chi connectivity index (χ2v) is 4.76. The molecule has 2 rings (SSSR count). The molecule has 1 N–H and O–H groups in total. The Balaban J connectivity index is 1.96. The van der Waals surface area contributed by atoms with Crippen LogP contribution >= 0.6 is 0 Å². The van der Waals surface area contributed by atoms with Crippen LogP contribution in [0.2, 0.25) is 5.82 Å². The second-order valence-electron chi connectivity index (χ2n) is 4.76.